The summed E-state index contributed by atoms with van der Waals surface area (Å²) in [6, 6.07) is 9.84. The topological polar surface area (TPSA) is 38.3 Å². The van der Waals surface area contributed by atoms with Gasteiger partial charge in [0.05, 0.1) is 20.7 Å². The van der Waals surface area contributed by atoms with Crippen LogP contribution in [0.3, 0.4) is 0 Å². The van der Waals surface area contributed by atoms with Crippen molar-refractivity contribution in [2.45, 2.75) is 4.83 Å². The Labute approximate surface area is 137 Å². The van der Waals surface area contributed by atoms with Gasteiger partial charge in [0, 0.05) is 4.88 Å². The highest BCUT2D eigenvalue weighted by Gasteiger charge is 2.20. The SMILES string of the molecule is O=C1NCCOc2ccc(C(Br)c3ccc(Br)s3)cc21. The summed E-state index contributed by atoms with van der Waals surface area (Å²) in [7, 11) is 0. The number of hydrogen-bond acceptors (Lipinski definition) is 3. The summed E-state index contributed by atoms with van der Waals surface area (Å²) in [6.07, 6.45) is 0. The molecule has 2 heterocycles. The molecule has 3 nitrogen and oxygen atoms in total. The van der Waals surface area contributed by atoms with Crippen LogP contribution >= 0.6 is 43.2 Å². The molecule has 0 bridgehead atoms. The van der Waals surface area contributed by atoms with E-state index in [1.165, 1.54) is 4.88 Å². The van der Waals surface area contributed by atoms with Crippen LogP contribution in [-0.2, 0) is 0 Å². The zero-order valence-corrected chi connectivity index (χ0v) is 14.3. The average molecular weight is 417 g/mol. The summed E-state index contributed by atoms with van der Waals surface area (Å²) in [5.41, 5.74) is 1.64. The number of amides is 1. The second-order valence-corrected chi connectivity index (χ2v) is 7.77. The van der Waals surface area contributed by atoms with Crippen LogP contribution in [0.2, 0.25) is 0 Å². The number of benzene rings is 1. The minimum absolute atomic E-state index is 0.0696. The highest BCUT2D eigenvalue weighted by atomic mass is 79.9. The second-order valence-electron chi connectivity index (χ2n) is 4.36. The average Bonchev–Trinajstić information content (AvgIpc) is 2.80. The van der Waals surface area contributed by atoms with Crippen molar-refractivity contribution in [3.8, 4) is 5.75 Å². The Morgan fingerprint density at radius 2 is 2.15 bits per heavy atom. The Bertz CT molecular complexity index is 656. The Kier molecular flexibility index (Phi) is 4.14. The molecule has 2 aromatic rings. The highest BCUT2D eigenvalue weighted by Crippen LogP contribution is 2.38. The van der Waals surface area contributed by atoms with Crippen molar-refractivity contribution in [3.63, 3.8) is 0 Å². The molecule has 20 heavy (non-hydrogen) atoms. The summed E-state index contributed by atoms with van der Waals surface area (Å²) >= 11 is 8.83. The van der Waals surface area contributed by atoms with Gasteiger partial charge in [0.25, 0.3) is 5.91 Å². The van der Waals surface area contributed by atoms with E-state index in [9.17, 15) is 4.79 Å². The molecule has 1 aromatic carbocycles. The standard InChI is InChI=1S/C14H11Br2NO2S/c15-12-4-3-11(20-12)13(16)8-1-2-10-9(7-8)14(18)17-5-6-19-10/h1-4,7,13H,5-6H2,(H,17,18). The van der Waals surface area contributed by atoms with Crippen LogP contribution in [0.1, 0.15) is 25.6 Å². The van der Waals surface area contributed by atoms with E-state index in [0.717, 1.165) is 9.35 Å². The van der Waals surface area contributed by atoms with Crippen LogP contribution in [0.15, 0.2) is 34.1 Å². The lowest BCUT2D eigenvalue weighted by Crippen LogP contribution is -2.24. The van der Waals surface area contributed by atoms with Crippen molar-refractivity contribution in [1.29, 1.82) is 0 Å². The third-order valence-electron chi connectivity index (χ3n) is 3.03. The first kappa shape index (κ1) is 14.1. The molecule has 6 heteroatoms. The fourth-order valence-electron chi connectivity index (χ4n) is 2.06. The second kappa shape index (κ2) is 5.87. The molecule has 0 saturated carbocycles. The molecular weight excluding hydrogens is 406 g/mol. The largest absolute Gasteiger partial charge is 0.491 e. The maximum atomic E-state index is 12.0. The summed E-state index contributed by atoms with van der Waals surface area (Å²) in [5, 5.41) is 2.83. The smallest absolute Gasteiger partial charge is 0.255 e. The number of carbonyl (C=O) groups is 1. The first-order valence-electron chi connectivity index (χ1n) is 6.09. The van der Waals surface area contributed by atoms with Crippen LogP contribution in [-0.4, -0.2) is 19.1 Å². The van der Waals surface area contributed by atoms with Crippen LogP contribution in [0.25, 0.3) is 0 Å². The maximum absolute atomic E-state index is 12.0. The molecule has 1 aromatic heterocycles. The number of ether oxygens (including phenoxy) is 1. The summed E-state index contributed by atoms with van der Waals surface area (Å²) in [4.78, 5) is 13.3. The molecule has 0 saturated heterocycles. The maximum Gasteiger partial charge on any atom is 0.255 e. The number of nitrogens with one attached hydrogen (secondary N) is 1. The van der Waals surface area contributed by atoms with Crippen molar-refractivity contribution in [2.75, 3.05) is 13.2 Å². The molecule has 104 valence electrons. The monoisotopic (exact) mass is 415 g/mol. The third-order valence-corrected chi connectivity index (χ3v) is 6.04. The van der Waals surface area contributed by atoms with Crippen LogP contribution in [0.4, 0.5) is 0 Å². The summed E-state index contributed by atoms with van der Waals surface area (Å²) < 4.78 is 6.65. The zero-order valence-electron chi connectivity index (χ0n) is 10.4. The fourth-order valence-corrected chi connectivity index (χ4v) is 4.21. The van der Waals surface area contributed by atoms with Gasteiger partial charge in [-0.2, -0.15) is 0 Å². The zero-order chi connectivity index (χ0) is 14.1. The Morgan fingerprint density at radius 3 is 2.90 bits per heavy atom. The number of thiophene rings is 1. The number of rotatable bonds is 2. The lowest BCUT2D eigenvalue weighted by molar-refractivity contribution is 0.0957. The van der Waals surface area contributed by atoms with E-state index in [1.807, 2.05) is 24.3 Å². The fraction of sp³-hybridized carbons (Fsp3) is 0.214. The summed E-state index contributed by atoms with van der Waals surface area (Å²) in [6.45, 7) is 1.05. The van der Waals surface area contributed by atoms with Gasteiger partial charge >= 0.3 is 0 Å². The van der Waals surface area contributed by atoms with E-state index >= 15 is 0 Å². The van der Waals surface area contributed by atoms with Crippen LogP contribution in [0, 0.1) is 0 Å². The predicted octanol–water partition coefficient (Wildman–Crippen LogP) is 4.12. The van der Waals surface area contributed by atoms with Crippen molar-refractivity contribution in [1.82, 2.24) is 5.32 Å². The van der Waals surface area contributed by atoms with E-state index < -0.39 is 0 Å². The van der Waals surface area contributed by atoms with Crippen LogP contribution in [0.5, 0.6) is 5.75 Å². The molecule has 1 atom stereocenters. The molecule has 0 spiro atoms. The molecule has 1 unspecified atom stereocenters. The molecule has 1 amide bonds. The van der Waals surface area contributed by atoms with Gasteiger partial charge in [0.2, 0.25) is 0 Å². The Morgan fingerprint density at radius 1 is 1.30 bits per heavy atom. The number of carbonyl (C=O) groups excluding carboxylic acids is 1. The Balaban J connectivity index is 1.97. The van der Waals surface area contributed by atoms with Crippen molar-refractivity contribution < 1.29 is 9.53 Å². The molecule has 3 rings (SSSR count). The number of hydrogen-bond donors (Lipinski definition) is 1. The molecule has 1 N–H and O–H groups in total. The van der Waals surface area contributed by atoms with E-state index in [4.69, 9.17) is 4.74 Å². The van der Waals surface area contributed by atoms with E-state index in [1.54, 1.807) is 11.3 Å². The van der Waals surface area contributed by atoms with Gasteiger partial charge in [0.15, 0.2) is 0 Å². The third kappa shape index (κ3) is 2.77. The lowest BCUT2D eigenvalue weighted by atomic mass is 10.1. The Hall–Kier alpha value is -0.850. The van der Waals surface area contributed by atoms with Crippen molar-refractivity contribution in [2.24, 2.45) is 0 Å². The molecular formula is C14H11Br2NO2S. The first-order chi connectivity index (χ1) is 9.65. The molecule has 1 aliphatic heterocycles. The van der Waals surface area contributed by atoms with Gasteiger partial charge < -0.3 is 10.1 Å². The van der Waals surface area contributed by atoms with Gasteiger partial charge in [-0.25, -0.2) is 0 Å². The van der Waals surface area contributed by atoms with E-state index in [-0.39, 0.29) is 10.7 Å². The molecule has 0 aliphatic carbocycles. The predicted molar refractivity (Wildman–Crippen MR) is 87.1 cm³/mol. The molecule has 0 radical (unpaired) electrons. The minimum atomic E-state index is -0.0774. The number of alkyl halides is 1. The number of halogens is 2. The van der Waals surface area contributed by atoms with Gasteiger partial charge in [-0.15, -0.1) is 11.3 Å². The summed E-state index contributed by atoms with van der Waals surface area (Å²) in [5.74, 6) is 0.572. The minimum Gasteiger partial charge on any atom is -0.491 e. The molecule has 1 aliphatic rings. The van der Waals surface area contributed by atoms with Crippen molar-refractivity contribution in [3.05, 3.63) is 50.1 Å². The quantitative estimate of drug-likeness (QED) is 0.748. The highest BCUT2D eigenvalue weighted by molar-refractivity contribution is 9.11. The molecule has 0 fully saturated rings. The van der Waals surface area contributed by atoms with Gasteiger partial charge in [-0.3, -0.25) is 4.79 Å². The number of fused-ring (bicyclic) bond motifs is 1. The lowest BCUT2D eigenvalue weighted by Gasteiger charge is -2.11. The van der Waals surface area contributed by atoms with Crippen molar-refractivity contribution >= 4 is 49.1 Å². The van der Waals surface area contributed by atoms with Gasteiger partial charge in [-0.1, -0.05) is 22.0 Å². The van der Waals surface area contributed by atoms with E-state index in [0.29, 0.717) is 24.5 Å². The van der Waals surface area contributed by atoms with Gasteiger partial charge in [-0.05, 0) is 45.8 Å². The first-order valence-corrected chi connectivity index (χ1v) is 8.62. The normalized spacial score (nSPS) is 15.8. The van der Waals surface area contributed by atoms with Gasteiger partial charge in [0.1, 0.15) is 12.4 Å². The van der Waals surface area contributed by atoms with E-state index in [2.05, 4.69) is 43.2 Å². The van der Waals surface area contributed by atoms with Crippen LogP contribution < -0.4 is 10.1 Å².